The number of halogens is 2. The second-order valence-electron chi connectivity index (χ2n) is 7.12. The Kier molecular flexibility index (Phi) is 7.68. The molecule has 2 saturated heterocycles. The Bertz CT molecular complexity index is 732. The third-order valence-corrected chi connectivity index (χ3v) is 5.36. The Hall–Kier alpha value is -1.60. The lowest BCUT2D eigenvalue weighted by Crippen LogP contribution is -2.40. The molecule has 1 amide bonds. The van der Waals surface area contributed by atoms with Gasteiger partial charge in [0, 0.05) is 12.1 Å². The van der Waals surface area contributed by atoms with E-state index in [9.17, 15) is 4.79 Å². The van der Waals surface area contributed by atoms with Crippen molar-refractivity contribution in [2.75, 3.05) is 19.6 Å². The van der Waals surface area contributed by atoms with Gasteiger partial charge in [0.05, 0.1) is 18.3 Å². The first-order valence-corrected chi connectivity index (χ1v) is 8.96. The van der Waals surface area contributed by atoms with E-state index in [0.29, 0.717) is 17.9 Å². The molecule has 2 aliphatic heterocycles. The van der Waals surface area contributed by atoms with E-state index in [-0.39, 0.29) is 36.8 Å². The highest BCUT2D eigenvalue weighted by Crippen LogP contribution is 2.37. The van der Waals surface area contributed by atoms with Crippen LogP contribution in [0.5, 0.6) is 0 Å². The Morgan fingerprint density at radius 1 is 1.22 bits per heavy atom. The predicted molar refractivity (Wildman–Crippen MR) is 109 cm³/mol. The molecule has 2 aliphatic rings. The first-order chi connectivity index (χ1) is 12.2. The fourth-order valence-electron chi connectivity index (χ4n) is 3.84. The number of rotatable bonds is 4. The maximum atomic E-state index is 12.5. The van der Waals surface area contributed by atoms with E-state index < -0.39 is 0 Å². The van der Waals surface area contributed by atoms with Gasteiger partial charge in [-0.2, -0.15) is 0 Å². The molecule has 27 heavy (non-hydrogen) atoms. The molecule has 1 aromatic heterocycles. The summed E-state index contributed by atoms with van der Waals surface area (Å²) in [5.41, 5.74) is 1.97. The number of hydrogen-bond acceptors (Lipinski definition) is 5. The Morgan fingerprint density at radius 2 is 1.96 bits per heavy atom. The molecule has 0 aliphatic carbocycles. The minimum absolute atomic E-state index is 0. The van der Waals surface area contributed by atoms with Crippen LogP contribution >= 0.6 is 24.8 Å². The molecular weight excluding hydrogens is 387 g/mol. The summed E-state index contributed by atoms with van der Waals surface area (Å²) in [5, 5.41) is 9.78. The average Bonchev–Trinajstić information content (AvgIpc) is 3.29. The van der Waals surface area contributed by atoms with Gasteiger partial charge in [0.15, 0.2) is 0 Å². The number of carbonyl (C=O) groups is 1. The van der Waals surface area contributed by atoms with Gasteiger partial charge in [-0.15, -0.1) is 24.8 Å². The van der Waals surface area contributed by atoms with Gasteiger partial charge >= 0.3 is 0 Å². The minimum atomic E-state index is -0.0985. The lowest BCUT2D eigenvalue weighted by Gasteiger charge is -2.33. The van der Waals surface area contributed by atoms with Crippen molar-refractivity contribution in [3.8, 4) is 11.5 Å². The lowest BCUT2D eigenvalue weighted by molar-refractivity contribution is -0.123. The van der Waals surface area contributed by atoms with Gasteiger partial charge in [-0.05, 0) is 49.9 Å². The zero-order valence-electron chi connectivity index (χ0n) is 15.1. The number of oxazole rings is 1. The van der Waals surface area contributed by atoms with Gasteiger partial charge in [-0.25, -0.2) is 4.98 Å². The summed E-state index contributed by atoms with van der Waals surface area (Å²) in [6.07, 6.45) is 4.83. The Labute approximate surface area is 171 Å². The van der Waals surface area contributed by atoms with Gasteiger partial charge < -0.3 is 20.4 Å². The van der Waals surface area contributed by atoms with Crippen LogP contribution in [0.2, 0.25) is 0 Å². The number of piperidine rings is 1. The molecule has 3 N–H and O–H groups in total. The molecule has 1 atom stereocenters. The van der Waals surface area contributed by atoms with Gasteiger partial charge in [-0.1, -0.05) is 18.2 Å². The van der Waals surface area contributed by atoms with Crippen LogP contribution in [0.3, 0.4) is 0 Å². The highest BCUT2D eigenvalue weighted by atomic mass is 35.5. The molecule has 1 spiro atoms. The molecule has 0 saturated carbocycles. The van der Waals surface area contributed by atoms with E-state index >= 15 is 0 Å². The van der Waals surface area contributed by atoms with Crippen LogP contribution < -0.4 is 16.0 Å². The standard InChI is InChI=1S/C19H24N4O2.2ClH/c24-17(16-10-19(13-22-16)6-8-20-9-7-19)21-11-15-12-25-18(23-15)14-4-2-1-3-5-14;;/h1-5,12,16,20,22H,6-11,13H2,(H,21,24);2*1H. The summed E-state index contributed by atoms with van der Waals surface area (Å²) in [7, 11) is 0. The van der Waals surface area contributed by atoms with Crippen molar-refractivity contribution in [3.63, 3.8) is 0 Å². The van der Waals surface area contributed by atoms with Crippen LogP contribution in [-0.4, -0.2) is 36.6 Å². The van der Waals surface area contributed by atoms with Crippen LogP contribution in [0.15, 0.2) is 41.0 Å². The van der Waals surface area contributed by atoms with Crippen molar-refractivity contribution >= 4 is 30.7 Å². The molecule has 4 rings (SSSR count). The predicted octanol–water partition coefficient (Wildman–Crippen LogP) is 2.53. The largest absolute Gasteiger partial charge is 0.444 e. The number of nitrogens with one attached hydrogen (secondary N) is 3. The maximum absolute atomic E-state index is 12.5. The summed E-state index contributed by atoms with van der Waals surface area (Å²) >= 11 is 0. The SMILES string of the molecule is Cl.Cl.O=C(NCc1coc(-c2ccccc2)n1)C1CC2(CCNCC2)CN1. The summed E-state index contributed by atoms with van der Waals surface area (Å²) < 4.78 is 5.51. The van der Waals surface area contributed by atoms with E-state index in [1.54, 1.807) is 6.26 Å². The molecule has 0 radical (unpaired) electrons. The summed E-state index contributed by atoms with van der Waals surface area (Å²) in [4.78, 5) is 16.9. The van der Waals surface area contributed by atoms with Gasteiger partial charge in [-0.3, -0.25) is 4.79 Å². The fraction of sp³-hybridized carbons (Fsp3) is 0.474. The van der Waals surface area contributed by atoms with Crippen molar-refractivity contribution in [2.24, 2.45) is 5.41 Å². The van der Waals surface area contributed by atoms with Crippen LogP contribution in [-0.2, 0) is 11.3 Å². The van der Waals surface area contributed by atoms with Crippen LogP contribution in [0, 0.1) is 5.41 Å². The molecule has 148 valence electrons. The van der Waals surface area contributed by atoms with E-state index in [1.165, 1.54) is 0 Å². The molecule has 6 nitrogen and oxygen atoms in total. The summed E-state index contributed by atoms with van der Waals surface area (Å²) in [6.45, 7) is 3.44. The number of amides is 1. The van der Waals surface area contributed by atoms with Gasteiger partial charge in [0.2, 0.25) is 11.8 Å². The zero-order valence-corrected chi connectivity index (χ0v) is 16.7. The molecule has 1 aromatic carbocycles. The minimum Gasteiger partial charge on any atom is -0.444 e. The lowest BCUT2D eigenvalue weighted by atomic mass is 9.77. The normalized spacial score (nSPS) is 20.5. The van der Waals surface area contributed by atoms with Gasteiger partial charge in [0.25, 0.3) is 0 Å². The number of benzene rings is 1. The zero-order chi connectivity index (χ0) is 17.1. The van der Waals surface area contributed by atoms with Crippen molar-refractivity contribution < 1.29 is 9.21 Å². The first kappa shape index (κ1) is 21.7. The molecule has 2 fully saturated rings. The first-order valence-electron chi connectivity index (χ1n) is 8.96. The molecule has 8 heteroatoms. The van der Waals surface area contributed by atoms with E-state index in [1.807, 2.05) is 30.3 Å². The average molecular weight is 413 g/mol. The molecular formula is C19H26Cl2N4O2. The quantitative estimate of drug-likeness (QED) is 0.718. The van der Waals surface area contributed by atoms with E-state index in [0.717, 1.165) is 50.2 Å². The monoisotopic (exact) mass is 412 g/mol. The maximum Gasteiger partial charge on any atom is 0.237 e. The number of nitrogens with zero attached hydrogens (tertiary/aromatic N) is 1. The van der Waals surface area contributed by atoms with Crippen LogP contribution in [0.4, 0.5) is 0 Å². The number of aromatic nitrogens is 1. The molecule has 3 heterocycles. The second-order valence-corrected chi connectivity index (χ2v) is 7.12. The van der Waals surface area contributed by atoms with E-state index in [4.69, 9.17) is 4.42 Å². The van der Waals surface area contributed by atoms with Gasteiger partial charge in [0.1, 0.15) is 6.26 Å². The Balaban J connectivity index is 0.00000131. The van der Waals surface area contributed by atoms with Crippen molar-refractivity contribution in [3.05, 3.63) is 42.3 Å². The van der Waals surface area contributed by atoms with E-state index in [2.05, 4.69) is 20.9 Å². The third kappa shape index (κ3) is 5.02. The van der Waals surface area contributed by atoms with Crippen LogP contribution in [0.1, 0.15) is 25.0 Å². The fourth-order valence-corrected chi connectivity index (χ4v) is 3.84. The highest BCUT2D eigenvalue weighted by Gasteiger charge is 2.41. The second kappa shape index (κ2) is 9.55. The molecule has 2 aromatic rings. The van der Waals surface area contributed by atoms with Crippen molar-refractivity contribution in [2.45, 2.75) is 31.8 Å². The third-order valence-electron chi connectivity index (χ3n) is 5.36. The smallest absolute Gasteiger partial charge is 0.237 e. The Morgan fingerprint density at radius 3 is 2.70 bits per heavy atom. The number of carbonyl (C=O) groups excluding carboxylic acids is 1. The van der Waals surface area contributed by atoms with Crippen molar-refractivity contribution in [1.29, 1.82) is 0 Å². The summed E-state index contributed by atoms with van der Waals surface area (Å²) in [6, 6.07) is 9.66. The highest BCUT2D eigenvalue weighted by molar-refractivity contribution is 5.85. The molecule has 0 bridgehead atoms. The summed E-state index contributed by atoms with van der Waals surface area (Å²) in [5.74, 6) is 0.636. The molecule has 1 unspecified atom stereocenters. The number of hydrogen-bond donors (Lipinski definition) is 3. The van der Waals surface area contributed by atoms with Crippen molar-refractivity contribution in [1.82, 2.24) is 20.9 Å². The topological polar surface area (TPSA) is 79.2 Å². The van der Waals surface area contributed by atoms with Crippen LogP contribution in [0.25, 0.3) is 11.5 Å².